The molecular weight excluding hydrogens is 153 g/mol. The molecule has 1 aliphatic rings. The van der Waals surface area contributed by atoms with Gasteiger partial charge >= 0.3 is 0 Å². The first-order valence-corrected chi connectivity index (χ1v) is 4.62. The van der Waals surface area contributed by atoms with Crippen molar-refractivity contribution in [3.63, 3.8) is 0 Å². The summed E-state index contributed by atoms with van der Waals surface area (Å²) in [5, 5.41) is 0. The van der Waals surface area contributed by atoms with Crippen molar-refractivity contribution in [2.45, 2.75) is 45.6 Å². The molecule has 0 N–H and O–H groups in total. The Hall–Kier alpha value is 0.390. The van der Waals surface area contributed by atoms with Gasteiger partial charge in [0.25, 0.3) is 0 Å². The number of hydrogen-bond acceptors (Lipinski definition) is 1. The second-order valence-corrected chi connectivity index (χ2v) is 3.19. The minimum absolute atomic E-state index is 0. The van der Waals surface area contributed by atoms with Gasteiger partial charge in [0.2, 0.25) is 0 Å². The van der Waals surface area contributed by atoms with Crippen LogP contribution in [0.5, 0.6) is 0 Å². The Labute approximate surface area is 74.2 Å². The molecule has 0 bridgehead atoms. The summed E-state index contributed by atoms with van der Waals surface area (Å²) in [7, 11) is 0. The SMILES string of the molecule is CCC1CCCCN1CC.P. The summed E-state index contributed by atoms with van der Waals surface area (Å²) in [6.45, 7) is 7.17. The molecule has 0 aliphatic carbocycles. The summed E-state index contributed by atoms with van der Waals surface area (Å²) >= 11 is 0. The maximum atomic E-state index is 2.61. The summed E-state index contributed by atoms with van der Waals surface area (Å²) in [4.78, 5) is 2.61. The third-order valence-corrected chi connectivity index (χ3v) is 2.63. The third-order valence-electron chi connectivity index (χ3n) is 2.63. The van der Waals surface area contributed by atoms with Gasteiger partial charge in [-0.25, -0.2) is 0 Å². The number of nitrogens with zero attached hydrogens (tertiary/aromatic N) is 1. The summed E-state index contributed by atoms with van der Waals surface area (Å²) < 4.78 is 0. The Morgan fingerprint density at radius 3 is 2.45 bits per heavy atom. The Morgan fingerprint density at radius 2 is 2.00 bits per heavy atom. The lowest BCUT2D eigenvalue weighted by Gasteiger charge is -2.34. The average Bonchev–Trinajstić information content (AvgIpc) is 2.04. The molecule has 0 amide bonds. The number of rotatable bonds is 2. The van der Waals surface area contributed by atoms with Crippen LogP contribution in [0.3, 0.4) is 0 Å². The average molecular weight is 175 g/mol. The molecule has 0 saturated carbocycles. The lowest BCUT2D eigenvalue weighted by molar-refractivity contribution is 0.152. The maximum absolute atomic E-state index is 2.61. The predicted molar refractivity (Wildman–Crippen MR) is 56.3 cm³/mol. The van der Waals surface area contributed by atoms with Crippen LogP contribution in [0.1, 0.15) is 39.5 Å². The quantitative estimate of drug-likeness (QED) is 0.582. The summed E-state index contributed by atoms with van der Waals surface area (Å²) in [5.41, 5.74) is 0. The minimum atomic E-state index is 0. The van der Waals surface area contributed by atoms with Crippen LogP contribution < -0.4 is 0 Å². The van der Waals surface area contributed by atoms with Crippen LogP contribution in [0.25, 0.3) is 0 Å². The monoisotopic (exact) mass is 175 g/mol. The van der Waals surface area contributed by atoms with Crippen LogP contribution in [0, 0.1) is 0 Å². The van der Waals surface area contributed by atoms with Gasteiger partial charge in [0.1, 0.15) is 0 Å². The van der Waals surface area contributed by atoms with E-state index in [-0.39, 0.29) is 9.90 Å². The Morgan fingerprint density at radius 1 is 1.27 bits per heavy atom. The molecule has 68 valence electrons. The van der Waals surface area contributed by atoms with Gasteiger partial charge in [-0.1, -0.05) is 20.3 Å². The summed E-state index contributed by atoms with van der Waals surface area (Å²) in [6.07, 6.45) is 5.65. The van der Waals surface area contributed by atoms with Crippen molar-refractivity contribution < 1.29 is 0 Å². The summed E-state index contributed by atoms with van der Waals surface area (Å²) in [6, 6.07) is 0.902. The van der Waals surface area contributed by atoms with Gasteiger partial charge in [0.05, 0.1) is 0 Å². The zero-order valence-corrected chi connectivity index (χ0v) is 9.39. The van der Waals surface area contributed by atoms with Crippen LogP contribution in [-0.2, 0) is 0 Å². The second-order valence-electron chi connectivity index (χ2n) is 3.19. The molecule has 0 aromatic rings. The smallest absolute Gasteiger partial charge is 0.00925 e. The molecule has 1 fully saturated rings. The van der Waals surface area contributed by atoms with Gasteiger partial charge in [-0.3, -0.25) is 0 Å². The van der Waals surface area contributed by atoms with E-state index < -0.39 is 0 Å². The van der Waals surface area contributed by atoms with E-state index in [1.807, 2.05) is 0 Å². The Kier molecular flexibility index (Phi) is 6.18. The molecule has 0 spiro atoms. The molecule has 1 heterocycles. The van der Waals surface area contributed by atoms with Crippen LogP contribution in [0.15, 0.2) is 0 Å². The van der Waals surface area contributed by atoms with E-state index >= 15 is 0 Å². The highest BCUT2D eigenvalue weighted by molar-refractivity contribution is 6.92. The molecule has 11 heavy (non-hydrogen) atoms. The van der Waals surface area contributed by atoms with Gasteiger partial charge in [-0.2, -0.15) is 9.90 Å². The van der Waals surface area contributed by atoms with Crippen molar-refractivity contribution in [1.82, 2.24) is 4.90 Å². The van der Waals surface area contributed by atoms with Crippen LogP contribution in [-0.4, -0.2) is 24.0 Å². The van der Waals surface area contributed by atoms with Crippen molar-refractivity contribution in [3.05, 3.63) is 0 Å². The number of piperidine rings is 1. The van der Waals surface area contributed by atoms with E-state index in [4.69, 9.17) is 0 Å². The van der Waals surface area contributed by atoms with Crippen LogP contribution in [0.4, 0.5) is 0 Å². The highest BCUT2D eigenvalue weighted by Crippen LogP contribution is 2.18. The van der Waals surface area contributed by atoms with Crippen LogP contribution >= 0.6 is 9.90 Å². The zero-order valence-electron chi connectivity index (χ0n) is 7.97. The largest absolute Gasteiger partial charge is 0.301 e. The zero-order chi connectivity index (χ0) is 7.40. The fourth-order valence-corrected chi connectivity index (χ4v) is 1.94. The molecule has 2 atom stereocenters. The molecular formula is C9H22NP. The van der Waals surface area contributed by atoms with Gasteiger partial charge in [0, 0.05) is 6.04 Å². The maximum Gasteiger partial charge on any atom is 0.00925 e. The summed E-state index contributed by atoms with van der Waals surface area (Å²) in [5.74, 6) is 0. The van der Waals surface area contributed by atoms with E-state index in [0.29, 0.717) is 0 Å². The van der Waals surface area contributed by atoms with Crippen molar-refractivity contribution in [2.75, 3.05) is 13.1 Å². The third kappa shape index (κ3) is 3.09. The minimum Gasteiger partial charge on any atom is -0.301 e. The second kappa shape index (κ2) is 5.97. The highest BCUT2D eigenvalue weighted by Gasteiger charge is 2.17. The molecule has 0 radical (unpaired) electrons. The molecule has 0 aromatic heterocycles. The van der Waals surface area contributed by atoms with E-state index in [0.717, 1.165) is 6.04 Å². The highest BCUT2D eigenvalue weighted by atomic mass is 31.0. The van der Waals surface area contributed by atoms with Crippen molar-refractivity contribution in [1.29, 1.82) is 0 Å². The number of hydrogen-bond donors (Lipinski definition) is 0. The molecule has 2 unspecified atom stereocenters. The first kappa shape index (κ1) is 11.4. The molecule has 1 saturated heterocycles. The topological polar surface area (TPSA) is 3.24 Å². The normalized spacial score (nSPS) is 26.2. The van der Waals surface area contributed by atoms with E-state index in [9.17, 15) is 0 Å². The van der Waals surface area contributed by atoms with Gasteiger partial charge in [0.15, 0.2) is 0 Å². The predicted octanol–water partition coefficient (Wildman–Crippen LogP) is 2.33. The lowest BCUT2D eigenvalue weighted by Crippen LogP contribution is -2.38. The fourth-order valence-electron chi connectivity index (χ4n) is 1.94. The van der Waals surface area contributed by atoms with E-state index in [1.54, 1.807) is 0 Å². The lowest BCUT2D eigenvalue weighted by atomic mass is 10.0. The fraction of sp³-hybridized carbons (Fsp3) is 1.00. The van der Waals surface area contributed by atoms with Gasteiger partial charge in [-0.05, 0) is 32.4 Å². The van der Waals surface area contributed by atoms with Crippen LogP contribution in [0.2, 0.25) is 0 Å². The van der Waals surface area contributed by atoms with Gasteiger partial charge < -0.3 is 4.90 Å². The molecule has 1 aliphatic heterocycles. The molecule has 1 nitrogen and oxygen atoms in total. The van der Waals surface area contributed by atoms with E-state index in [1.165, 1.54) is 38.8 Å². The standard InChI is InChI=1S/C9H19N.H3P/c1-3-9-7-5-6-8-10(9)4-2;/h9H,3-8H2,1-2H3;1H3. The van der Waals surface area contributed by atoms with Crippen molar-refractivity contribution in [2.24, 2.45) is 0 Å². The molecule has 2 heteroatoms. The molecule has 0 aromatic carbocycles. The first-order chi connectivity index (χ1) is 4.88. The van der Waals surface area contributed by atoms with E-state index in [2.05, 4.69) is 18.7 Å². The van der Waals surface area contributed by atoms with Crippen molar-refractivity contribution >= 4 is 9.90 Å². The Bertz CT molecular complexity index is 83.6. The van der Waals surface area contributed by atoms with Crippen molar-refractivity contribution in [3.8, 4) is 0 Å². The van der Waals surface area contributed by atoms with Gasteiger partial charge in [-0.15, -0.1) is 0 Å². The Balaban J connectivity index is 0.000001000. The molecule has 1 rings (SSSR count). The first-order valence-electron chi connectivity index (χ1n) is 4.62. The number of likely N-dealkylation sites (tertiary alicyclic amines) is 1.